The van der Waals surface area contributed by atoms with Crippen molar-refractivity contribution in [3.05, 3.63) is 53.6 Å². The zero-order valence-electron chi connectivity index (χ0n) is 11.6. The van der Waals surface area contributed by atoms with Crippen LogP contribution in [0, 0.1) is 6.92 Å². The Balaban J connectivity index is 2.15. The lowest BCUT2D eigenvalue weighted by Crippen LogP contribution is -2.04. The number of anilines is 2. The van der Waals surface area contributed by atoms with Crippen LogP contribution in [0.5, 0.6) is 0 Å². The van der Waals surface area contributed by atoms with Crippen molar-refractivity contribution in [3.63, 3.8) is 0 Å². The van der Waals surface area contributed by atoms with Gasteiger partial charge in [-0.05, 0) is 30.7 Å². The van der Waals surface area contributed by atoms with E-state index >= 15 is 0 Å². The lowest BCUT2D eigenvalue weighted by atomic mass is 10.1. The predicted molar refractivity (Wildman–Crippen MR) is 82.5 cm³/mol. The maximum atomic E-state index is 11.4. The van der Waals surface area contributed by atoms with Crippen LogP contribution in [-0.2, 0) is 16.4 Å². The van der Waals surface area contributed by atoms with Crippen molar-refractivity contribution in [2.24, 2.45) is 0 Å². The van der Waals surface area contributed by atoms with Crippen molar-refractivity contribution < 1.29 is 8.42 Å². The molecule has 0 aliphatic heterocycles. The van der Waals surface area contributed by atoms with Crippen LogP contribution < -0.4 is 11.1 Å². The fraction of sp³-hybridized carbons (Fsp3) is 0.200. The van der Waals surface area contributed by atoms with Gasteiger partial charge in [-0.2, -0.15) is 0 Å². The smallest absolute Gasteiger partial charge is 0.175 e. The number of nitrogen functional groups attached to an aromatic ring is 1. The van der Waals surface area contributed by atoms with Gasteiger partial charge in [-0.3, -0.25) is 0 Å². The van der Waals surface area contributed by atoms with Gasteiger partial charge in [0.25, 0.3) is 0 Å². The monoisotopic (exact) mass is 290 g/mol. The SMILES string of the molecule is Cc1cccc(CNc2ccc(S(C)(=O)=O)cc2N)c1. The Bertz CT molecular complexity index is 724. The Morgan fingerprint density at radius 3 is 2.50 bits per heavy atom. The van der Waals surface area contributed by atoms with Gasteiger partial charge in [-0.25, -0.2) is 8.42 Å². The van der Waals surface area contributed by atoms with Crippen LogP contribution in [-0.4, -0.2) is 14.7 Å². The Morgan fingerprint density at radius 1 is 1.15 bits per heavy atom. The lowest BCUT2D eigenvalue weighted by Gasteiger charge is -2.11. The van der Waals surface area contributed by atoms with Gasteiger partial charge in [-0.1, -0.05) is 29.8 Å². The molecule has 0 amide bonds. The highest BCUT2D eigenvalue weighted by molar-refractivity contribution is 7.90. The Morgan fingerprint density at radius 2 is 1.90 bits per heavy atom. The molecule has 3 N–H and O–H groups in total. The average Bonchev–Trinajstić information content (AvgIpc) is 2.36. The molecule has 5 heteroatoms. The molecule has 0 fully saturated rings. The van der Waals surface area contributed by atoms with E-state index in [0.717, 1.165) is 11.3 Å². The van der Waals surface area contributed by atoms with Crippen molar-refractivity contribution in [2.45, 2.75) is 18.4 Å². The zero-order valence-corrected chi connectivity index (χ0v) is 12.4. The Hall–Kier alpha value is -2.01. The van der Waals surface area contributed by atoms with Gasteiger partial charge in [0.2, 0.25) is 0 Å². The zero-order chi connectivity index (χ0) is 14.8. The summed E-state index contributed by atoms with van der Waals surface area (Å²) >= 11 is 0. The summed E-state index contributed by atoms with van der Waals surface area (Å²) in [6.45, 7) is 2.68. The van der Waals surface area contributed by atoms with Gasteiger partial charge in [0.05, 0.1) is 16.3 Å². The molecule has 0 saturated heterocycles. The summed E-state index contributed by atoms with van der Waals surface area (Å²) in [5.41, 5.74) is 9.40. The van der Waals surface area contributed by atoms with E-state index in [9.17, 15) is 8.42 Å². The molecule has 0 heterocycles. The van der Waals surface area contributed by atoms with Gasteiger partial charge < -0.3 is 11.1 Å². The molecule has 0 aliphatic carbocycles. The van der Waals surface area contributed by atoms with Crippen molar-refractivity contribution >= 4 is 21.2 Å². The van der Waals surface area contributed by atoms with Crippen molar-refractivity contribution in [2.75, 3.05) is 17.3 Å². The highest BCUT2D eigenvalue weighted by atomic mass is 32.2. The molecule has 106 valence electrons. The minimum absolute atomic E-state index is 0.233. The molecule has 0 aromatic heterocycles. The minimum Gasteiger partial charge on any atom is -0.397 e. The van der Waals surface area contributed by atoms with Crippen LogP contribution in [0.25, 0.3) is 0 Å². The van der Waals surface area contributed by atoms with Crippen LogP contribution in [0.15, 0.2) is 47.4 Å². The van der Waals surface area contributed by atoms with Crippen LogP contribution in [0.1, 0.15) is 11.1 Å². The molecule has 0 atom stereocenters. The highest BCUT2D eigenvalue weighted by Crippen LogP contribution is 2.23. The van der Waals surface area contributed by atoms with Gasteiger partial charge in [0.1, 0.15) is 0 Å². The number of aryl methyl sites for hydroxylation is 1. The molecule has 0 radical (unpaired) electrons. The van der Waals surface area contributed by atoms with Gasteiger partial charge in [0, 0.05) is 12.8 Å². The number of benzene rings is 2. The first-order valence-corrected chi connectivity index (χ1v) is 8.14. The topological polar surface area (TPSA) is 72.2 Å². The first-order valence-electron chi connectivity index (χ1n) is 6.25. The molecular formula is C15H18N2O2S. The molecule has 0 spiro atoms. The summed E-state index contributed by atoms with van der Waals surface area (Å²) in [5.74, 6) is 0. The normalized spacial score (nSPS) is 11.3. The summed E-state index contributed by atoms with van der Waals surface area (Å²) < 4.78 is 22.9. The minimum atomic E-state index is -3.22. The molecule has 4 nitrogen and oxygen atoms in total. The van der Waals surface area contributed by atoms with E-state index in [-0.39, 0.29) is 4.90 Å². The van der Waals surface area contributed by atoms with E-state index in [1.165, 1.54) is 17.9 Å². The largest absolute Gasteiger partial charge is 0.397 e. The van der Waals surface area contributed by atoms with Crippen LogP contribution in [0.3, 0.4) is 0 Å². The molecule has 0 aliphatic rings. The number of nitrogens with two attached hydrogens (primary N) is 1. The molecule has 2 rings (SSSR count). The molecule has 0 unspecified atom stereocenters. The summed E-state index contributed by atoms with van der Waals surface area (Å²) in [6.07, 6.45) is 1.17. The maximum Gasteiger partial charge on any atom is 0.175 e. The fourth-order valence-electron chi connectivity index (χ4n) is 1.95. The van der Waals surface area contributed by atoms with Gasteiger partial charge >= 0.3 is 0 Å². The van der Waals surface area contributed by atoms with E-state index in [2.05, 4.69) is 11.4 Å². The second-order valence-corrected chi connectivity index (χ2v) is 6.88. The number of hydrogen-bond acceptors (Lipinski definition) is 4. The predicted octanol–water partition coefficient (Wildman–Crippen LogP) is 2.59. The van der Waals surface area contributed by atoms with Gasteiger partial charge in [-0.15, -0.1) is 0 Å². The molecule has 2 aromatic rings. The van der Waals surface area contributed by atoms with E-state index in [1.54, 1.807) is 12.1 Å². The van der Waals surface area contributed by atoms with E-state index in [4.69, 9.17) is 5.73 Å². The molecule has 0 bridgehead atoms. The average molecular weight is 290 g/mol. The maximum absolute atomic E-state index is 11.4. The number of hydrogen-bond donors (Lipinski definition) is 2. The van der Waals surface area contributed by atoms with Crippen LogP contribution in [0.2, 0.25) is 0 Å². The first kappa shape index (κ1) is 14.4. The Labute approximate surface area is 119 Å². The third-order valence-electron chi connectivity index (χ3n) is 3.02. The second kappa shape index (κ2) is 5.54. The molecule has 20 heavy (non-hydrogen) atoms. The third kappa shape index (κ3) is 3.51. The molecule has 0 saturated carbocycles. The lowest BCUT2D eigenvalue weighted by molar-refractivity contribution is 0.602. The van der Waals surface area contributed by atoms with E-state index < -0.39 is 9.84 Å². The number of nitrogens with one attached hydrogen (secondary N) is 1. The number of rotatable bonds is 4. The summed E-state index contributed by atoms with van der Waals surface area (Å²) in [4.78, 5) is 0.233. The molecular weight excluding hydrogens is 272 g/mol. The van der Waals surface area contributed by atoms with Crippen LogP contribution >= 0.6 is 0 Å². The van der Waals surface area contributed by atoms with Gasteiger partial charge in [0.15, 0.2) is 9.84 Å². The second-order valence-electron chi connectivity index (χ2n) is 4.86. The third-order valence-corrected chi connectivity index (χ3v) is 4.13. The van der Waals surface area contributed by atoms with E-state index in [0.29, 0.717) is 12.2 Å². The quantitative estimate of drug-likeness (QED) is 0.849. The fourth-order valence-corrected chi connectivity index (χ4v) is 2.61. The standard InChI is InChI=1S/C15H18N2O2S/c1-11-4-3-5-12(8-11)10-17-15-7-6-13(9-14(15)16)20(2,18)19/h3-9,17H,10,16H2,1-2H3. The summed E-state index contributed by atoms with van der Waals surface area (Å²) in [6, 6.07) is 12.9. The van der Waals surface area contributed by atoms with Crippen LogP contribution in [0.4, 0.5) is 11.4 Å². The van der Waals surface area contributed by atoms with Crippen molar-refractivity contribution in [1.29, 1.82) is 0 Å². The summed E-state index contributed by atoms with van der Waals surface area (Å²) in [7, 11) is -3.22. The van der Waals surface area contributed by atoms with Crippen molar-refractivity contribution in [1.82, 2.24) is 0 Å². The molecule has 2 aromatic carbocycles. The number of sulfone groups is 1. The highest BCUT2D eigenvalue weighted by Gasteiger charge is 2.09. The van der Waals surface area contributed by atoms with E-state index in [1.807, 2.05) is 25.1 Å². The Kier molecular flexibility index (Phi) is 3.99. The summed E-state index contributed by atoms with van der Waals surface area (Å²) in [5, 5.41) is 3.22. The van der Waals surface area contributed by atoms with Crippen molar-refractivity contribution in [3.8, 4) is 0 Å². The first-order chi connectivity index (χ1) is 9.36.